The first-order chi connectivity index (χ1) is 16.4. The number of carbonyl (C=O) groups is 3. The van der Waals surface area contributed by atoms with Gasteiger partial charge in [0, 0.05) is 24.2 Å². The topological polar surface area (TPSA) is 81.8 Å². The number of fused-ring (bicyclic) bond motifs is 1. The Morgan fingerprint density at radius 1 is 1.03 bits per heavy atom. The molecule has 1 spiro atoms. The minimum atomic E-state index is -0.849. The van der Waals surface area contributed by atoms with Crippen molar-refractivity contribution in [1.82, 2.24) is 20.4 Å². The molecule has 1 aliphatic carbocycles. The van der Waals surface area contributed by atoms with Crippen molar-refractivity contribution in [3.05, 3.63) is 46.8 Å². The molecular formula is C26H31FN4O3. The van der Waals surface area contributed by atoms with Crippen molar-refractivity contribution in [1.29, 1.82) is 0 Å². The fourth-order valence-corrected chi connectivity index (χ4v) is 6.80. The van der Waals surface area contributed by atoms with Crippen molar-refractivity contribution >= 4 is 17.7 Å². The zero-order valence-electron chi connectivity index (χ0n) is 19.3. The van der Waals surface area contributed by atoms with Crippen LogP contribution in [0.3, 0.4) is 0 Å². The predicted molar refractivity (Wildman–Crippen MR) is 123 cm³/mol. The highest BCUT2D eigenvalue weighted by molar-refractivity contribution is 6.09. The quantitative estimate of drug-likeness (QED) is 0.667. The van der Waals surface area contributed by atoms with Crippen molar-refractivity contribution in [3.8, 4) is 0 Å². The van der Waals surface area contributed by atoms with Gasteiger partial charge in [-0.15, -0.1) is 0 Å². The number of rotatable bonds is 3. The van der Waals surface area contributed by atoms with Crippen LogP contribution in [-0.4, -0.2) is 65.8 Å². The van der Waals surface area contributed by atoms with Gasteiger partial charge in [0.1, 0.15) is 11.9 Å². The molecule has 8 heteroatoms. The molecule has 0 radical (unpaired) electrons. The predicted octanol–water partition coefficient (Wildman–Crippen LogP) is 2.07. The zero-order chi connectivity index (χ0) is 23.4. The number of amides is 3. The fraction of sp³-hybridized carbons (Fsp3) is 0.577. The van der Waals surface area contributed by atoms with Gasteiger partial charge in [-0.25, -0.2) is 4.39 Å². The number of nitrogens with one attached hydrogen (secondary N) is 2. The van der Waals surface area contributed by atoms with Crippen LogP contribution < -0.4 is 10.6 Å². The minimum Gasteiger partial charge on any atom is -0.319 e. The van der Waals surface area contributed by atoms with Crippen LogP contribution in [0.5, 0.6) is 0 Å². The molecule has 4 heterocycles. The molecule has 3 fully saturated rings. The normalized spacial score (nSPS) is 27.7. The summed E-state index contributed by atoms with van der Waals surface area (Å²) >= 11 is 0. The maximum absolute atomic E-state index is 15.1. The summed E-state index contributed by atoms with van der Waals surface area (Å²) in [6, 6.07) is 3.02. The third-order valence-corrected chi connectivity index (χ3v) is 8.82. The van der Waals surface area contributed by atoms with E-state index in [-0.39, 0.29) is 24.2 Å². The molecular weight excluding hydrogens is 435 g/mol. The molecule has 1 atom stereocenters. The molecule has 34 heavy (non-hydrogen) atoms. The van der Waals surface area contributed by atoms with E-state index in [2.05, 4.69) is 15.5 Å². The van der Waals surface area contributed by atoms with Gasteiger partial charge in [0.05, 0.1) is 0 Å². The number of halogens is 1. The van der Waals surface area contributed by atoms with Gasteiger partial charge in [-0.3, -0.25) is 19.7 Å². The Labute approximate surface area is 198 Å². The van der Waals surface area contributed by atoms with Gasteiger partial charge < -0.3 is 15.1 Å². The summed E-state index contributed by atoms with van der Waals surface area (Å²) in [5.41, 5.74) is 2.33. The average molecular weight is 467 g/mol. The summed E-state index contributed by atoms with van der Waals surface area (Å²) in [6.45, 7) is 4.52. The lowest BCUT2D eigenvalue weighted by molar-refractivity contribution is -0.131. The summed E-state index contributed by atoms with van der Waals surface area (Å²) in [5.74, 6) is -1.56. The molecule has 2 saturated heterocycles. The zero-order valence-corrected chi connectivity index (χ0v) is 19.3. The molecule has 4 aliphatic heterocycles. The largest absolute Gasteiger partial charge is 0.319 e. The first-order valence-electron chi connectivity index (χ1n) is 12.5. The molecule has 3 amide bonds. The standard InChI is InChI=1S/C26H31FN4O3/c27-21-12-20-17(15-31(25(20)34)22-1-2-23(32)29-24(22)33)11-19(21)16-3-9-30(10-4-16)18-13-26(14-18)5-7-28-8-6-26/h1-2,11-12,16,18,22,28H,3-10,13-15H2,(H,29,32,33). The minimum absolute atomic E-state index is 0.147. The van der Waals surface area contributed by atoms with Crippen LogP contribution in [-0.2, 0) is 16.1 Å². The highest BCUT2D eigenvalue weighted by Gasteiger charge is 2.47. The lowest BCUT2D eigenvalue weighted by Crippen LogP contribution is -2.55. The molecule has 6 rings (SSSR count). The molecule has 180 valence electrons. The Morgan fingerprint density at radius 2 is 1.76 bits per heavy atom. The summed E-state index contributed by atoms with van der Waals surface area (Å²) < 4.78 is 15.1. The van der Waals surface area contributed by atoms with Crippen LogP contribution in [0.15, 0.2) is 24.3 Å². The second-order valence-electron chi connectivity index (χ2n) is 10.7. The Bertz CT molecular complexity index is 1060. The molecule has 1 saturated carbocycles. The lowest BCUT2D eigenvalue weighted by Gasteiger charge is -2.55. The molecule has 7 nitrogen and oxygen atoms in total. The Hall–Kier alpha value is -2.58. The van der Waals surface area contributed by atoms with E-state index in [1.54, 1.807) is 0 Å². The van der Waals surface area contributed by atoms with Crippen LogP contribution in [0.1, 0.15) is 65.9 Å². The average Bonchev–Trinajstić information content (AvgIpc) is 3.13. The van der Waals surface area contributed by atoms with Gasteiger partial charge in [0.25, 0.3) is 11.8 Å². The monoisotopic (exact) mass is 466 g/mol. The highest BCUT2D eigenvalue weighted by Crippen LogP contribution is 2.50. The first-order valence-corrected chi connectivity index (χ1v) is 12.5. The molecule has 1 aromatic carbocycles. The first kappa shape index (κ1) is 21.9. The fourth-order valence-electron chi connectivity index (χ4n) is 6.80. The molecule has 0 bridgehead atoms. The van der Waals surface area contributed by atoms with Gasteiger partial charge in [-0.2, -0.15) is 0 Å². The van der Waals surface area contributed by atoms with Gasteiger partial charge in [0.2, 0.25) is 5.91 Å². The highest BCUT2D eigenvalue weighted by atomic mass is 19.1. The molecule has 0 aromatic heterocycles. The Balaban J connectivity index is 1.11. The second-order valence-corrected chi connectivity index (χ2v) is 10.7. The molecule has 1 unspecified atom stereocenters. The number of hydrogen-bond acceptors (Lipinski definition) is 5. The van der Waals surface area contributed by atoms with Gasteiger partial charge in [0.15, 0.2) is 0 Å². The van der Waals surface area contributed by atoms with E-state index in [0.29, 0.717) is 22.6 Å². The summed E-state index contributed by atoms with van der Waals surface area (Å²) in [4.78, 5) is 40.5. The van der Waals surface area contributed by atoms with E-state index >= 15 is 4.39 Å². The van der Waals surface area contributed by atoms with Gasteiger partial charge >= 0.3 is 0 Å². The SMILES string of the molecule is O=C1C=CC(N2Cc3cc(C4CCN(C5CC6(CCNCC6)C5)CC4)c(F)cc3C2=O)C(=O)N1. The van der Waals surface area contributed by atoms with E-state index in [9.17, 15) is 14.4 Å². The number of imide groups is 1. The van der Waals surface area contributed by atoms with Crippen LogP contribution >= 0.6 is 0 Å². The van der Waals surface area contributed by atoms with Crippen molar-refractivity contribution in [2.24, 2.45) is 5.41 Å². The lowest BCUT2D eigenvalue weighted by atomic mass is 9.60. The van der Waals surface area contributed by atoms with Crippen molar-refractivity contribution in [3.63, 3.8) is 0 Å². The van der Waals surface area contributed by atoms with E-state index in [1.807, 2.05) is 6.07 Å². The van der Waals surface area contributed by atoms with E-state index < -0.39 is 17.9 Å². The number of benzene rings is 1. The van der Waals surface area contributed by atoms with Gasteiger partial charge in [-0.1, -0.05) is 6.07 Å². The number of piperidine rings is 2. The van der Waals surface area contributed by atoms with Crippen LogP contribution in [0.4, 0.5) is 4.39 Å². The summed E-state index contributed by atoms with van der Waals surface area (Å²) in [5, 5.41) is 5.70. The smallest absolute Gasteiger partial charge is 0.255 e. The Morgan fingerprint density at radius 3 is 2.47 bits per heavy atom. The van der Waals surface area contributed by atoms with Crippen LogP contribution in [0, 0.1) is 11.2 Å². The maximum Gasteiger partial charge on any atom is 0.255 e. The number of likely N-dealkylation sites (tertiary alicyclic amines) is 1. The van der Waals surface area contributed by atoms with Crippen LogP contribution in [0.25, 0.3) is 0 Å². The van der Waals surface area contributed by atoms with Crippen molar-refractivity contribution < 1.29 is 18.8 Å². The molecule has 2 N–H and O–H groups in total. The van der Waals surface area contributed by atoms with Gasteiger partial charge in [-0.05, 0) is 99.3 Å². The maximum atomic E-state index is 15.1. The van der Waals surface area contributed by atoms with Crippen molar-refractivity contribution in [2.75, 3.05) is 26.2 Å². The molecule has 5 aliphatic rings. The third-order valence-electron chi connectivity index (χ3n) is 8.82. The number of carbonyl (C=O) groups excluding carboxylic acids is 3. The Kier molecular flexibility index (Phi) is 5.33. The number of nitrogens with zero attached hydrogens (tertiary/aromatic N) is 2. The molecule has 1 aromatic rings. The summed E-state index contributed by atoms with van der Waals surface area (Å²) in [7, 11) is 0. The summed E-state index contributed by atoms with van der Waals surface area (Å²) in [6.07, 6.45) is 9.75. The van der Waals surface area contributed by atoms with Crippen molar-refractivity contribution in [2.45, 2.75) is 63.1 Å². The number of hydrogen-bond donors (Lipinski definition) is 2. The third kappa shape index (κ3) is 3.67. The van der Waals surface area contributed by atoms with Crippen LogP contribution in [0.2, 0.25) is 0 Å². The van der Waals surface area contributed by atoms with E-state index in [1.165, 1.54) is 48.8 Å². The van der Waals surface area contributed by atoms with E-state index in [4.69, 9.17) is 0 Å². The second kappa shape index (κ2) is 8.27. The van der Waals surface area contributed by atoms with E-state index in [0.717, 1.165) is 44.6 Å².